The average Bonchev–Trinajstić information content (AvgIpc) is 2.75. The summed E-state index contributed by atoms with van der Waals surface area (Å²) in [5.74, 6) is 0.779. The summed E-state index contributed by atoms with van der Waals surface area (Å²) < 4.78 is 7.35. The number of fused-ring (bicyclic) bond motifs is 1. The van der Waals surface area contributed by atoms with Crippen LogP contribution in [0.3, 0.4) is 0 Å². The van der Waals surface area contributed by atoms with Crippen LogP contribution in [0, 0.1) is 0 Å². The van der Waals surface area contributed by atoms with Gasteiger partial charge in [0.25, 0.3) is 0 Å². The molecule has 0 spiro atoms. The van der Waals surface area contributed by atoms with Crippen molar-refractivity contribution in [1.29, 1.82) is 0 Å². The fourth-order valence-electron chi connectivity index (χ4n) is 2.27. The van der Waals surface area contributed by atoms with Crippen LogP contribution in [0.15, 0.2) is 24.4 Å². The molecule has 0 aliphatic heterocycles. The molecule has 0 unspecified atom stereocenters. The number of hydrogen-bond donors (Lipinski definition) is 0. The van der Waals surface area contributed by atoms with Gasteiger partial charge in [0, 0.05) is 29.2 Å². The molecule has 102 valence electrons. The summed E-state index contributed by atoms with van der Waals surface area (Å²) in [4.78, 5) is 13.3. The van der Waals surface area contributed by atoms with E-state index < -0.39 is 0 Å². The number of aromatic nitrogens is 1. The van der Waals surface area contributed by atoms with Gasteiger partial charge in [-0.1, -0.05) is 0 Å². The van der Waals surface area contributed by atoms with Crippen molar-refractivity contribution < 1.29 is 9.53 Å². The van der Waals surface area contributed by atoms with Gasteiger partial charge in [0.15, 0.2) is 6.29 Å². The van der Waals surface area contributed by atoms with Gasteiger partial charge in [-0.3, -0.25) is 4.79 Å². The van der Waals surface area contributed by atoms with E-state index in [9.17, 15) is 4.79 Å². The molecule has 4 heteroatoms. The van der Waals surface area contributed by atoms with Gasteiger partial charge in [-0.05, 0) is 45.3 Å². The second kappa shape index (κ2) is 5.89. The Bertz CT molecular complexity index is 573. The highest BCUT2D eigenvalue weighted by molar-refractivity contribution is 5.98. The lowest BCUT2D eigenvalue weighted by molar-refractivity contribution is 0.112. The lowest BCUT2D eigenvalue weighted by Crippen LogP contribution is -2.14. The quantitative estimate of drug-likeness (QED) is 0.748. The molecule has 0 aliphatic rings. The van der Waals surface area contributed by atoms with Crippen molar-refractivity contribution in [3.8, 4) is 5.75 Å². The molecule has 0 saturated carbocycles. The number of methoxy groups -OCH3 is 1. The van der Waals surface area contributed by atoms with Crippen molar-refractivity contribution in [3.05, 3.63) is 30.0 Å². The Morgan fingerprint density at radius 3 is 2.79 bits per heavy atom. The fraction of sp³-hybridized carbons (Fsp3) is 0.400. The van der Waals surface area contributed by atoms with E-state index in [2.05, 4.69) is 23.6 Å². The number of benzene rings is 1. The molecule has 2 aromatic rings. The number of rotatable bonds is 6. The van der Waals surface area contributed by atoms with Crippen molar-refractivity contribution in [2.75, 3.05) is 27.7 Å². The van der Waals surface area contributed by atoms with E-state index in [1.54, 1.807) is 7.11 Å². The maximum atomic E-state index is 11.2. The predicted octanol–water partition coefficient (Wildman–Crippen LogP) is 2.41. The zero-order valence-electron chi connectivity index (χ0n) is 11.7. The average molecular weight is 260 g/mol. The number of aldehydes is 1. The molecule has 1 heterocycles. The standard InChI is InChI=1S/C15H20N2O2/c1-16(2)7-4-8-17-10-12(11-18)14-9-13(19-3)5-6-15(14)17/h5-6,9-11H,4,7-8H2,1-3H3. The number of carbonyl (C=O) groups is 1. The number of aryl methyl sites for hydroxylation is 1. The second-order valence-electron chi connectivity index (χ2n) is 4.94. The van der Waals surface area contributed by atoms with Gasteiger partial charge in [-0.25, -0.2) is 0 Å². The summed E-state index contributed by atoms with van der Waals surface area (Å²) >= 11 is 0. The van der Waals surface area contributed by atoms with Crippen LogP contribution in [0.4, 0.5) is 0 Å². The summed E-state index contributed by atoms with van der Waals surface area (Å²) in [6.45, 7) is 1.95. The van der Waals surface area contributed by atoms with E-state index in [1.807, 2.05) is 24.4 Å². The van der Waals surface area contributed by atoms with Crippen molar-refractivity contribution >= 4 is 17.2 Å². The van der Waals surface area contributed by atoms with Crippen LogP contribution in [0.2, 0.25) is 0 Å². The lowest BCUT2D eigenvalue weighted by Gasteiger charge is -2.10. The molecule has 0 amide bonds. The molecule has 0 radical (unpaired) electrons. The Morgan fingerprint density at radius 1 is 1.37 bits per heavy atom. The smallest absolute Gasteiger partial charge is 0.152 e. The summed E-state index contributed by atoms with van der Waals surface area (Å²) in [6, 6.07) is 5.86. The largest absolute Gasteiger partial charge is 0.497 e. The summed E-state index contributed by atoms with van der Waals surface area (Å²) in [6.07, 6.45) is 3.89. The first-order valence-corrected chi connectivity index (χ1v) is 6.42. The van der Waals surface area contributed by atoms with Gasteiger partial charge in [-0.15, -0.1) is 0 Å². The minimum absolute atomic E-state index is 0.721. The zero-order valence-corrected chi connectivity index (χ0v) is 11.7. The third-order valence-corrected chi connectivity index (χ3v) is 3.25. The summed E-state index contributed by atoms with van der Waals surface area (Å²) in [5, 5.41) is 0.958. The molecule has 19 heavy (non-hydrogen) atoms. The van der Waals surface area contributed by atoms with Gasteiger partial charge in [0.1, 0.15) is 5.75 Å². The van der Waals surface area contributed by atoms with Crippen LogP contribution in [-0.4, -0.2) is 43.5 Å². The Labute approximate surface area is 113 Å². The molecule has 0 bridgehead atoms. The van der Waals surface area contributed by atoms with Crippen LogP contribution in [-0.2, 0) is 6.54 Å². The van der Waals surface area contributed by atoms with Crippen molar-refractivity contribution in [3.63, 3.8) is 0 Å². The SMILES string of the molecule is COc1ccc2c(c1)c(C=O)cn2CCCN(C)C. The predicted molar refractivity (Wildman–Crippen MR) is 77.0 cm³/mol. The number of nitrogens with zero attached hydrogens (tertiary/aromatic N) is 2. The van der Waals surface area contributed by atoms with Crippen LogP contribution in [0.25, 0.3) is 10.9 Å². The first-order chi connectivity index (χ1) is 9.15. The number of ether oxygens (including phenoxy) is 1. The van der Waals surface area contributed by atoms with Crippen molar-refractivity contribution in [1.82, 2.24) is 9.47 Å². The number of hydrogen-bond acceptors (Lipinski definition) is 3. The van der Waals surface area contributed by atoms with Crippen LogP contribution in [0.1, 0.15) is 16.8 Å². The Morgan fingerprint density at radius 2 is 2.16 bits per heavy atom. The molecular formula is C15H20N2O2. The van der Waals surface area contributed by atoms with Crippen LogP contribution < -0.4 is 4.74 Å². The third-order valence-electron chi connectivity index (χ3n) is 3.25. The molecule has 4 nitrogen and oxygen atoms in total. The second-order valence-corrected chi connectivity index (χ2v) is 4.94. The topological polar surface area (TPSA) is 34.5 Å². The van der Waals surface area contributed by atoms with Crippen LogP contribution >= 0.6 is 0 Å². The van der Waals surface area contributed by atoms with E-state index in [4.69, 9.17) is 4.74 Å². The molecule has 0 N–H and O–H groups in total. The van der Waals surface area contributed by atoms with Gasteiger partial charge in [-0.2, -0.15) is 0 Å². The molecule has 0 fully saturated rings. The number of carbonyl (C=O) groups excluding carboxylic acids is 1. The fourth-order valence-corrected chi connectivity index (χ4v) is 2.27. The maximum absolute atomic E-state index is 11.2. The Balaban J connectivity index is 2.31. The minimum Gasteiger partial charge on any atom is -0.497 e. The highest BCUT2D eigenvalue weighted by atomic mass is 16.5. The molecular weight excluding hydrogens is 240 g/mol. The van der Waals surface area contributed by atoms with Gasteiger partial charge >= 0.3 is 0 Å². The highest BCUT2D eigenvalue weighted by Gasteiger charge is 2.09. The molecule has 0 atom stereocenters. The lowest BCUT2D eigenvalue weighted by atomic mass is 10.2. The van der Waals surface area contributed by atoms with E-state index in [0.717, 1.165) is 48.0 Å². The zero-order chi connectivity index (χ0) is 13.8. The first kappa shape index (κ1) is 13.6. The third kappa shape index (κ3) is 2.96. The monoisotopic (exact) mass is 260 g/mol. The first-order valence-electron chi connectivity index (χ1n) is 6.42. The molecule has 0 saturated heterocycles. The minimum atomic E-state index is 0.721. The van der Waals surface area contributed by atoms with Crippen molar-refractivity contribution in [2.45, 2.75) is 13.0 Å². The Kier molecular flexibility index (Phi) is 4.22. The summed E-state index contributed by atoms with van der Waals surface area (Å²) in [7, 11) is 5.76. The van der Waals surface area contributed by atoms with E-state index >= 15 is 0 Å². The van der Waals surface area contributed by atoms with E-state index in [0.29, 0.717) is 0 Å². The molecule has 1 aromatic heterocycles. The van der Waals surface area contributed by atoms with Gasteiger partial charge < -0.3 is 14.2 Å². The summed E-state index contributed by atoms with van der Waals surface area (Å²) in [5.41, 5.74) is 1.81. The van der Waals surface area contributed by atoms with Crippen LogP contribution in [0.5, 0.6) is 5.75 Å². The molecule has 2 rings (SSSR count). The van der Waals surface area contributed by atoms with E-state index in [1.165, 1.54) is 0 Å². The molecule has 0 aliphatic carbocycles. The normalized spacial score (nSPS) is 11.2. The van der Waals surface area contributed by atoms with Gasteiger partial charge in [0.05, 0.1) is 7.11 Å². The maximum Gasteiger partial charge on any atom is 0.152 e. The Hall–Kier alpha value is -1.81. The van der Waals surface area contributed by atoms with Crippen molar-refractivity contribution in [2.24, 2.45) is 0 Å². The van der Waals surface area contributed by atoms with Gasteiger partial charge in [0.2, 0.25) is 0 Å². The highest BCUT2D eigenvalue weighted by Crippen LogP contribution is 2.25. The molecule has 1 aromatic carbocycles. The van der Waals surface area contributed by atoms with E-state index in [-0.39, 0.29) is 0 Å².